The van der Waals surface area contributed by atoms with Gasteiger partial charge in [-0.2, -0.15) is 0 Å². The van der Waals surface area contributed by atoms with Crippen LogP contribution in [0.4, 0.5) is 0 Å². The summed E-state index contributed by atoms with van der Waals surface area (Å²) in [6.45, 7) is 0. The molecule has 2 aromatic rings. The molecule has 1 aliphatic rings. The number of hydrogen-bond donors (Lipinski definition) is 0. The molecule has 96 valence electrons. The van der Waals surface area contributed by atoms with Gasteiger partial charge in [0.25, 0.3) is 0 Å². The largest absolute Gasteiger partial charge is 0.289 e. The summed E-state index contributed by atoms with van der Waals surface area (Å²) >= 11 is 0. The molecular weight excluding hydrogens is 232 g/mol. The lowest BCUT2D eigenvalue weighted by Gasteiger charge is -2.13. The molecule has 2 aromatic carbocycles. The van der Waals surface area contributed by atoms with E-state index in [1.54, 1.807) is 0 Å². The van der Waals surface area contributed by atoms with Crippen molar-refractivity contribution in [1.82, 2.24) is 0 Å². The molecule has 1 heteroatoms. The summed E-state index contributed by atoms with van der Waals surface area (Å²) in [5.41, 5.74) is 2.15. The van der Waals surface area contributed by atoms with Crippen LogP contribution >= 0.6 is 0 Å². The zero-order valence-corrected chi connectivity index (χ0v) is 11.1. The first-order valence-corrected chi connectivity index (χ1v) is 7.06. The van der Waals surface area contributed by atoms with Gasteiger partial charge in [-0.15, -0.1) is 0 Å². The van der Waals surface area contributed by atoms with E-state index in [9.17, 15) is 4.79 Å². The van der Waals surface area contributed by atoms with Crippen LogP contribution in [0.25, 0.3) is 10.8 Å². The third-order valence-corrected chi connectivity index (χ3v) is 3.89. The molecule has 0 spiro atoms. The van der Waals surface area contributed by atoms with E-state index in [1.165, 1.54) is 24.8 Å². The molecule has 0 unspecified atom stereocenters. The molecule has 0 amide bonds. The first-order chi connectivity index (χ1) is 9.34. The van der Waals surface area contributed by atoms with Gasteiger partial charge in [-0.1, -0.05) is 54.5 Å². The Hall–Kier alpha value is -1.89. The van der Waals surface area contributed by atoms with E-state index in [2.05, 4.69) is 12.1 Å². The van der Waals surface area contributed by atoms with Gasteiger partial charge in [-0.25, -0.2) is 0 Å². The predicted octanol–water partition coefficient (Wildman–Crippen LogP) is 4.91. The summed E-state index contributed by atoms with van der Waals surface area (Å²) in [5, 5.41) is 2.19. The number of rotatable bonds is 2. The van der Waals surface area contributed by atoms with Crippen LogP contribution in [0.5, 0.6) is 0 Å². The van der Waals surface area contributed by atoms with Crippen molar-refractivity contribution in [2.75, 3.05) is 0 Å². The van der Waals surface area contributed by atoms with E-state index in [1.807, 2.05) is 36.4 Å². The van der Waals surface area contributed by atoms with Crippen LogP contribution in [-0.2, 0) is 0 Å². The van der Waals surface area contributed by atoms with E-state index in [0.717, 1.165) is 29.2 Å². The van der Waals surface area contributed by atoms with Crippen LogP contribution in [0.15, 0.2) is 54.1 Å². The number of fused-ring (bicyclic) bond motifs is 1. The van der Waals surface area contributed by atoms with Crippen LogP contribution in [0.1, 0.15) is 42.5 Å². The summed E-state index contributed by atoms with van der Waals surface area (Å²) in [4.78, 5) is 12.5. The molecule has 19 heavy (non-hydrogen) atoms. The maximum absolute atomic E-state index is 12.5. The number of carbonyl (C=O) groups is 1. The molecular formula is C18H18O. The minimum absolute atomic E-state index is 0.161. The van der Waals surface area contributed by atoms with Gasteiger partial charge < -0.3 is 0 Å². The Balaban J connectivity index is 1.97. The van der Waals surface area contributed by atoms with E-state index in [0.29, 0.717) is 0 Å². The second-order valence-corrected chi connectivity index (χ2v) is 5.25. The van der Waals surface area contributed by atoms with E-state index in [4.69, 9.17) is 0 Å². The predicted molar refractivity (Wildman–Crippen MR) is 79.4 cm³/mol. The Morgan fingerprint density at radius 1 is 0.895 bits per heavy atom. The molecule has 1 fully saturated rings. The van der Waals surface area contributed by atoms with Crippen LogP contribution in [0.3, 0.4) is 0 Å². The zero-order valence-electron chi connectivity index (χ0n) is 11.1. The number of benzene rings is 2. The van der Waals surface area contributed by atoms with Gasteiger partial charge in [0.15, 0.2) is 5.78 Å². The molecule has 0 bridgehead atoms. The van der Waals surface area contributed by atoms with Crippen molar-refractivity contribution in [3.8, 4) is 0 Å². The summed E-state index contributed by atoms with van der Waals surface area (Å²) in [6.07, 6.45) is 7.83. The molecule has 1 nitrogen and oxygen atoms in total. The second kappa shape index (κ2) is 5.40. The lowest BCUT2D eigenvalue weighted by atomic mass is 9.92. The lowest BCUT2D eigenvalue weighted by molar-refractivity contribution is 0.104. The number of allylic oxidation sites excluding steroid dienone is 2. The normalized spacial score (nSPS) is 15.5. The second-order valence-electron chi connectivity index (χ2n) is 5.25. The fourth-order valence-electron chi connectivity index (χ4n) is 2.85. The highest BCUT2D eigenvalue weighted by Crippen LogP contribution is 2.25. The number of ketones is 1. The fraction of sp³-hybridized carbons (Fsp3) is 0.278. The van der Waals surface area contributed by atoms with E-state index in [-0.39, 0.29) is 5.78 Å². The maximum Gasteiger partial charge on any atom is 0.186 e. The van der Waals surface area contributed by atoms with E-state index >= 15 is 0 Å². The van der Waals surface area contributed by atoms with Crippen molar-refractivity contribution in [2.45, 2.75) is 32.1 Å². The zero-order chi connectivity index (χ0) is 13.1. The van der Waals surface area contributed by atoms with Crippen molar-refractivity contribution in [2.24, 2.45) is 0 Å². The van der Waals surface area contributed by atoms with Gasteiger partial charge in [0.05, 0.1) is 0 Å². The first kappa shape index (κ1) is 12.2. The molecule has 0 aliphatic heterocycles. The smallest absolute Gasteiger partial charge is 0.186 e. The molecule has 1 aliphatic carbocycles. The van der Waals surface area contributed by atoms with Crippen LogP contribution in [0.2, 0.25) is 0 Å². The average Bonchev–Trinajstić information content (AvgIpc) is 2.47. The third-order valence-electron chi connectivity index (χ3n) is 3.89. The van der Waals surface area contributed by atoms with Crippen LogP contribution in [-0.4, -0.2) is 5.78 Å². The SMILES string of the molecule is O=C(C=C1CCCCC1)c1cccc2ccccc12. The fourth-order valence-corrected chi connectivity index (χ4v) is 2.85. The van der Waals surface area contributed by atoms with Gasteiger partial charge in [-0.3, -0.25) is 4.79 Å². The molecule has 0 atom stereocenters. The van der Waals surface area contributed by atoms with Crippen molar-refractivity contribution in [3.05, 3.63) is 59.7 Å². The van der Waals surface area contributed by atoms with Crippen molar-refractivity contribution < 1.29 is 4.79 Å². The van der Waals surface area contributed by atoms with Gasteiger partial charge in [0.1, 0.15) is 0 Å². The van der Waals surface area contributed by atoms with Crippen LogP contribution in [0, 0.1) is 0 Å². The molecule has 3 rings (SSSR count). The highest BCUT2D eigenvalue weighted by atomic mass is 16.1. The Bertz CT molecular complexity index is 624. The van der Waals surface area contributed by atoms with Gasteiger partial charge >= 0.3 is 0 Å². The molecule has 0 radical (unpaired) electrons. The van der Waals surface area contributed by atoms with E-state index < -0.39 is 0 Å². The summed E-state index contributed by atoms with van der Waals surface area (Å²) in [6, 6.07) is 14.0. The number of hydrogen-bond acceptors (Lipinski definition) is 1. The first-order valence-electron chi connectivity index (χ1n) is 7.06. The summed E-state index contributed by atoms with van der Waals surface area (Å²) in [7, 11) is 0. The number of carbonyl (C=O) groups excluding carboxylic acids is 1. The highest BCUT2D eigenvalue weighted by molar-refractivity contribution is 6.13. The molecule has 0 heterocycles. The average molecular weight is 250 g/mol. The Morgan fingerprint density at radius 3 is 2.47 bits per heavy atom. The Morgan fingerprint density at radius 2 is 1.63 bits per heavy atom. The van der Waals surface area contributed by atoms with Crippen LogP contribution < -0.4 is 0 Å². The molecule has 1 saturated carbocycles. The van der Waals surface area contributed by atoms with Crippen molar-refractivity contribution >= 4 is 16.6 Å². The summed E-state index contributed by atoms with van der Waals surface area (Å²) in [5.74, 6) is 0.161. The lowest BCUT2D eigenvalue weighted by Crippen LogP contribution is -2.01. The third kappa shape index (κ3) is 2.60. The topological polar surface area (TPSA) is 17.1 Å². The standard InChI is InChI=1S/C18H18O/c19-18(13-14-7-2-1-3-8-14)17-12-6-10-15-9-4-5-11-16(15)17/h4-6,9-13H,1-3,7-8H2. The van der Waals surface area contributed by atoms with Gasteiger partial charge in [-0.05, 0) is 42.5 Å². The highest BCUT2D eigenvalue weighted by Gasteiger charge is 2.11. The van der Waals surface area contributed by atoms with Crippen molar-refractivity contribution in [3.63, 3.8) is 0 Å². The molecule has 0 N–H and O–H groups in total. The minimum atomic E-state index is 0.161. The Kier molecular flexibility index (Phi) is 3.45. The van der Waals surface area contributed by atoms with Gasteiger partial charge in [0, 0.05) is 5.56 Å². The monoisotopic (exact) mass is 250 g/mol. The minimum Gasteiger partial charge on any atom is -0.289 e. The summed E-state index contributed by atoms with van der Waals surface area (Å²) < 4.78 is 0. The molecule has 0 aromatic heterocycles. The Labute approximate surface area is 113 Å². The molecule has 0 saturated heterocycles. The quantitative estimate of drug-likeness (QED) is 0.546. The maximum atomic E-state index is 12.5. The van der Waals surface area contributed by atoms with Crippen molar-refractivity contribution in [1.29, 1.82) is 0 Å². The van der Waals surface area contributed by atoms with Gasteiger partial charge in [0.2, 0.25) is 0 Å².